The van der Waals surface area contributed by atoms with E-state index >= 15 is 0 Å². The highest BCUT2D eigenvalue weighted by molar-refractivity contribution is 4.87. The van der Waals surface area contributed by atoms with Gasteiger partial charge in [-0.1, -0.05) is 20.3 Å². The zero-order chi connectivity index (χ0) is 12.1. The Morgan fingerprint density at radius 1 is 1.44 bits per heavy atom. The van der Waals surface area contributed by atoms with Gasteiger partial charge in [0.2, 0.25) is 0 Å². The second-order valence-corrected chi connectivity index (χ2v) is 5.26. The van der Waals surface area contributed by atoms with Crippen molar-refractivity contribution in [2.24, 2.45) is 5.92 Å². The maximum absolute atomic E-state index is 5.39. The van der Waals surface area contributed by atoms with Crippen molar-refractivity contribution in [3.63, 3.8) is 0 Å². The SMILES string of the molecule is CCC(C)C1CNC(C)CN1CC(C)OC. The Labute approximate surface area is 101 Å². The number of rotatable bonds is 5. The van der Waals surface area contributed by atoms with Gasteiger partial charge in [0.15, 0.2) is 0 Å². The summed E-state index contributed by atoms with van der Waals surface area (Å²) in [5, 5.41) is 3.59. The van der Waals surface area contributed by atoms with Crippen LogP contribution in [0.25, 0.3) is 0 Å². The Kier molecular flexibility index (Phi) is 5.73. The number of methoxy groups -OCH3 is 1. The molecule has 0 aromatic rings. The molecular formula is C13H28N2O. The smallest absolute Gasteiger partial charge is 0.0670 e. The van der Waals surface area contributed by atoms with Crippen molar-refractivity contribution in [3.8, 4) is 0 Å². The lowest BCUT2D eigenvalue weighted by molar-refractivity contribution is 0.0272. The van der Waals surface area contributed by atoms with E-state index in [1.807, 2.05) is 0 Å². The van der Waals surface area contributed by atoms with Crippen LogP contribution in [-0.2, 0) is 4.74 Å². The third-order valence-corrected chi connectivity index (χ3v) is 3.85. The summed E-state index contributed by atoms with van der Waals surface area (Å²) in [6.07, 6.45) is 1.58. The summed E-state index contributed by atoms with van der Waals surface area (Å²) in [6, 6.07) is 1.27. The van der Waals surface area contributed by atoms with E-state index in [9.17, 15) is 0 Å². The van der Waals surface area contributed by atoms with Crippen LogP contribution in [0.2, 0.25) is 0 Å². The van der Waals surface area contributed by atoms with E-state index in [0.717, 1.165) is 25.6 Å². The van der Waals surface area contributed by atoms with Crippen LogP contribution < -0.4 is 5.32 Å². The molecule has 0 aromatic heterocycles. The fourth-order valence-corrected chi connectivity index (χ4v) is 2.45. The van der Waals surface area contributed by atoms with Gasteiger partial charge in [0.1, 0.15) is 0 Å². The highest BCUT2D eigenvalue weighted by Gasteiger charge is 2.29. The third kappa shape index (κ3) is 3.72. The maximum atomic E-state index is 5.39. The predicted molar refractivity (Wildman–Crippen MR) is 68.8 cm³/mol. The van der Waals surface area contributed by atoms with Crippen molar-refractivity contribution in [2.45, 2.75) is 52.3 Å². The third-order valence-electron chi connectivity index (χ3n) is 3.85. The number of hydrogen-bond acceptors (Lipinski definition) is 3. The summed E-state index contributed by atoms with van der Waals surface area (Å²) < 4.78 is 5.39. The van der Waals surface area contributed by atoms with Gasteiger partial charge in [0, 0.05) is 38.8 Å². The van der Waals surface area contributed by atoms with Crippen LogP contribution in [0.5, 0.6) is 0 Å². The fourth-order valence-electron chi connectivity index (χ4n) is 2.45. The zero-order valence-electron chi connectivity index (χ0n) is 11.5. The van der Waals surface area contributed by atoms with Crippen LogP contribution in [0.1, 0.15) is 34.1 Å². The van der Waals surface area contributed by atoms with E-state index in [2.05, 4.69) is 37.9 Å². The molecule has 1 aliphatic rings. The van der Waals surface area contributed by atoms with Gasteiger partial charge in [0.25, 0.3) is 0 Å². The molecule has 16 heavy (non-hydrogen) atoms. The predicted octanol–water partition coefficient (Wildman–Crippen LogP) is 1.73. The van der Waals surface area contributed by atoms with E-state index in [4.69, 9.17) is 4.74 Å². The minimum absolute atomic E-state index is 0.330. The van der Waals surface area contributed by atoms with E-state index in [-0.39, 0.29) is 0 Å². The van der Waals surface area contributed by atoms with E-state index in [1.165, 1.54) is 6.42 Å². The Balaban J connectivity index is 2.57. The molecule has 1 heterocycles. The molecule has 1 aliphatic heterocycles. The molecule has 0 saturated carbocycles. The van der Waals surface area contributed by atoms with Crippen LogP contribution in [0, 0.1) is 5.92 Å². The fraction of sp³-hybridized carbons (Fsp3) is 1.00. The lowest BCUT2D eigenvalue weighted by Crippen LogP contribution is -2.58. The summed E-state index contributed by atoms with van der Waals surface area (Å²) in [6.45, 7) is 12.4. The number of hydrogen-bond donors (Lipinski definition) is 1. The van der Waals surface area contributed by atoms with Gasteiger partial charge in [-0.25, -0.2) is 0 Å². The largest absolute Gasteiger partial charge is 0.380 e. The summed E-state index contributed by atoms with van der Waals surface area (Å²) in [5.41, 5.74) is 0. The average Bonchev–Trinajstić information content (AvgIpc) is 2.28. The minimum Gasteiger partial charge on any atom is -0.380 e. The van der Waals surface area contributed by atoms with Crippen LogP contribution in [0.15, 0.2) is 0 Å². The molecular weight excluding hydrogens is 200 g/mol. The van der Waals surface area contributed by atoms with Gasteiger partial charge in [-0.3, -0.25) is 4.90 Å². The molecule has 0 aromatic carbocycles. The average molecular weight is 228 g/mol. The monoisotopic (exact) mass is 228 g/mol. The molecule has 3 nitrogen and oxygen atoms in total. The highest BCUT2D eigenvalue weighted by atomic mass is 16.5. The molecule has 1 rings (SSSR count). The number of piperazine rings is 1. The van der Waals surface area contributed by atoms with Gasteiger partial charge in [0.05, 0.1) is 6.10 Å². The van der Waals surface area contributed by atoms with Crippen LogP contribution >= 0.6 is 0 Å². The molecule has 1 saturated heterocycles. The lowest BCUT2D eigenvalue weighted by Gasteiger charge is -2.43. The summed E-state index contributed by atoms with van der Waals surface area (Å²) in [4.78, 5) is 2.60. The standard InChI is InChI=1S/C13H28N2O/c1-6-10(2)13-7-14-11(3)8-15(13)9-12(4)16-5/h10-14H,6-9H2,1-5H3. The topological polar surface area (TPSA) is 24.5 Å². The molecule has 4 atom stereocenters. The van der Waals surface area contributed by atoms with Crippen LogP contribution in [0.3, 0.4) is 0 Å². The molecule has 0 amide bonds. The molecule has 4 unspecified atom stereocenters. The van der Waals surface area contributed by atoms with Crippen molar-refractivity contribution in [1.29, 1.82) is 0 Å². The molecule has 0 aliphatic carbocycles. The molecule has 0 radical (unpaired) electrons. The second-order valence-electron chi connectivity index (χ2n) is 5.26. The first-order valence-electron chi connectivity index (χ1n) is 6.58. The first-order valence-corrected chi connectivity index (χ1v) is 6.58. The van der Waals surface area contributed by atoms with Crippen molar-refractivity contribution in [3.05, 3.63) is 0 Å². The Bertz CT molecular complexity index is 198. The molecule has 0 spiro atoms. The highest BCUT2D eigenvalue weighted by Crippen LogP contribution is 2.18. The van der Waals surface area contributed by atoms with Crippen molar-refractivity contribution in [2.75, 3.05) is 26.7 Å². The van der Waals surface area contributed by atoms with Crippen LogP contribution in [0.4, 0.5) is 0 Å². The number of nitrogens with zero attached hydrogens (tertiary/aromatic N) is 1. The van der Waals surface area contributed by atoms with E-state index < -0.39 is 0 Å². The van der Waals surface area contributed by atoms with Gasteiger partial charge in [-0.15, -0.1) is 0 Å². The number of ether oxygens (including phenoxy) is 1. The zero-order valence-corrected chi connectivity index (χ0v) is 11.5. The normalized spacial score (nSPS) is 31.3. The summed E-state index contributed by atoms with van der Waals surface area (Å²) in [7, 11) is 1.80. The molecule has 1 fully saturated rings. The molecule has 3 heteroatoms. The van der Waals surface area contributed by atoms with Gasteiger partial charge in [-0.05, 0) is 19.8 Å². The minimum atomic E-state index is 0.330. The van der Waals surface area contributed by atoms with E-state index in [0.29, 0.717) is 18.2 Å². The molecule has 96 valence electrons. The quantitative estimate of drug-likeness (QED) is 0.775. The van der Waals surface area contributed by atoms with Crippen molar-refractivity contribution < 1.29 is 4.74 Å². The summed E-state index contributed by atoms with van der Waals surface area (Å²) in [5.74, 6) is 0.754. The number of nitrogens with one attached hydrogen (secondary N) is 1. The Hall–Kier alpha value is -0.120. The van der Waals surface area contributed by atoms with Crippen molar-refractivity contribution in [1.82, 2.24) is 10.2 Å². The van der Waals surface area contributed by atoms with Gasteiger partial charge in [-0.2, -0.15) is 0 Å². The second kappa shape index (κ2) is 6.58. The van der Waals surface area contributed by atoms with Gasteiger partial charge < -0.3 is 10.1 Å². The maximum Gasteiger partial charge on any atom is 0.0670 e. The molecule has 1 N–H and O–H groups in total. The van der Waals surface area contributed by atoms with Gasteiger partial charge >= 0.3 is 0 Å². The first-order chi connectivity index (χ1) is 7.58. The van der Waals surface area contributed by atoms with Crippen LogP contribution in [-0.4, -0.2) is 49.8 Å². The van der Waals surface area contributed by atoms with Crippen molar-refractivity contribution >= 4 is 0 Å². The Morgan fingerprint density at radius 2 is 2.12 bits per heavy atom. The Morgan fingerprint density at radius 3 is 2.69 bits per heavy atom. The summed E-state index contributed by atoms with van der Waals surface area (Å²) >= 11 is 0. The van der Waals surface area contributed by atoms with E-state index in [1.54, 1.807) is 7.11 Å². The lowest BCUT2D eigenvalue weighted by atomic mass is 9.94. The first kappa shape index (κ1) is 13.9. The molecule has 0 bridgehead atoms.